The van der Waals surface area contributed by atoms with Crippen LogP contribution in [0.2, 0.25) is 0 Å². The molecule has 3 nitrogen and oxygen atoms in total. The van der Waals surface area contributed by atoms with Crippen LogP contribution in [0, 0.1) is 0 Å². The second-order valence-electron chi connectivity index (χ2n) is 5.63. The number of likely N-dealkylation sites (N-methyl/N-ethyl adjacent to an activating group) is 1. The van der Waals surface area contributed by atoms with Gasteiger partial charge in [-0.2, -0.15) is 0 Å². The van der Waals surface area contributed by atoms with Crippen molar-refractivity contribution in [3.63, 3.8) is 0 Å². The number of hydrogen-bond acceptors (Lipinski definition) is 3. The van der Waals surface area contributed by atoms with Gasteiger partial charge in [-0.05, 0) is 32.5 Å². The van der Waals surface area contributed by atoms with Crippen LogP contribution in [0.25, 0.3) is 0 Å². The maximum absolute atomic E-state index is 3.53. The molecule has 1 aromatic carbocycles. The van der Waals surface area contributed by atoms with Gasteiger partial charge in [0.05, 0.1) is 0 Å². The first-order chi connectivity index (χ1) is 9.20. The Bertz CT molecular complexity index is 366. The van der Waals surface area contributed by atoms with Crippen molar-refractivity contribution in [3.05, 3.63) is 30.3 Å². The summed E-state index contributed by atoms with van der Waals surface area (Å²) in [4.78, 5) is 5.11. The second kappa shape index (κ2) is 6.92. The van der Waals surface area contributed by atoms with E-state index in [1.807, 2.05) is 0 Å². The van der Waals surface area contributed by atoms with Crippen molar-refractivity contribution >= 4 is 5.69 Å². The minimum absolute atomic E-state index is 0.586. The van der Waals surface area contributed by atoms with Crippen LogP contribution in [0.3, 0.4) is 0 Å². The van der Waals surface area contributed by atoms with Gasteiger partial charge in [-0.25, -0.2) is 0 Å². The molecule has 3 heteroatoms. The third kappa shape index (κ3) is 3.95. The van der Waals surface area contributed by atoms with Gasteiger partial charge in [0, 0.05) is 44.0 Å². The lowest BCUT2D eigenvalue weighted by atomic mass is 10.1. The summed E-state index contributed by atoms with van der Waals surface area (Å²) < 4.78 is 0. The third-order valence-corrected chi connectivity index (χ3v) is 4.28. The van der Waals surface area contributed by atoms with Crippen LogP contribution in [0.1, 0.15) is 20.3 Å². The van der Waals surface area contributed by atoms with Crippen molar-refractivity contribution in [1.29, 1.82) is 0 Å². The maximum Gasteiger partial charge on any atom is 0.0340 e. The zero-order valence-electron chi connectivity index (χ0n) is 12.5. The lowest BCUT2D eigenvalue weighted by molar-refractivity contribution is 0.0712. The van der Waals surface area contributed by atoms with Crippen LogP contribution in [-0.4, -0.2) is 55.1 Å². The molecular formula is C16H27N3. The number of benzene rings is 1. The molecule has 19 heavy (non-hydrogen) atoms. The number of hydrogen-bond donors (Lipinski definition) is 1. The number of anilines is 1. The second-order valence-corrected chi connectivity index (χ2v) is 5.63. The molecule has 106 valence electrons. The quantitative estimate of drug-likeness (QED) is 0.878. The van der Waals surface area contributed by atoms with E-state index in [2.05, 4.69) is 66.3 Å². The van der Waals surface area contributed by atoms with Gasteiger partial charge < -0.3 is 10.2 Å². The summed E-state index contributed by atoms with van der Waals surface area (Å²) in [5, 5.41) is 3.53. The lowest BCUT2D eigenvalue weighted by Crippen LogP contribution is -2.54. The van der Waals surface area contributed by atoms with Gasteiger partial charge in [0.15, 0.2) is 0 Å². The van der Waals surface area contributed by atoms with Crippen LogP contribution in [-0.2, 0) is 0 Å². The summed E-state index contributed by atoms with van der Waals surface area (Å²) in [5.74, 6) is 0. The van der Waals surface area contributed by atoms with E-state index in [0.29, 0.717) is 12.1 Å². The zero-order chi connectivity index (χ0) is 13.7. The van der Waals surface area contributed by atoms with Crippen LogP contribution in [0.4, 0.5) is 5.69 Å². The Kier molecular flexibility index (Phi) is 5.23. The van der Waals surface area contributed by atoms with E-state index in [-0.39, 0.29) is 0 Å². The first-order valence-electron chi connectivity index (χ1n) is 7.44. The molecule has 2 unspecified atom stereocenters. The minimum atomic E-state index is 0.586. The molecule has 1 N–H and O–H groups in total. The summed E-state index contributed by atoms with van der Waals surface area (Å²) in [6, 6.07) is 11.8. The molecule has 2 rings (SSSR count). The first kappa shape index (κ1) is 14.4. The molecule has 0 radical (unpaired) electrons. The van der Waals surface area contributed by atoms with Crippen molar-refractivity contribution in [2.75, 3.05) is 38.5 Å². The molecule has 0 aromatic heterocycles. The Morgan fingerprint density at radius 3 is 2.68 bits per heavy atom. The normalized spacial score (nSPS) is 23.2. The highest BCUT2D eigenvalue weighted by Crippen LogP contribution is 2.14. The maximum atomic E-state index is 3.53. The van der Waals surface area contributed by atoms with Crippen molar-refractivity contribution in [2.45, 2.75) is 32.4 Å². The van der Waals surface area contributed by atoms with Crippen LogP contribution in [0.5, 0.6) is 0 Å². The molecule has 1 aliphatic rings. The van der Waals surface area contributed by atoms with Crippen molar-refractivity contribution in [1.82, 2.24) is 9.80 Å². The molecule has 0 bridgehead atoms. The van der Waals surface area contributed by atoms with E-state index in [9.17, 15) is 0 Å². The first-order valence-corrected chi connectivity index (χ1v) is 7.44. The lowest BCUT2D eigenvalue weighted by Gasteiger charge is -2.42. The van der Waals surface area contributed by atoms with Gasteiger partial charge >= 0.3 is 0 Å². The molecule has 0 saturated carbocycles. The summed E-state index contributed by atoms with van der Waals surface area (Å²) in [6.45, 7) is 9.21. The Morgan fingerprint density at radius 2 is 2.00 bits per heavy atom. The van der Waals surface area contributed by atoms with Gasteiger partial charge in [-0.1, -0.05) is 25.1 Å². The number of nitrogens with zero attached hydrogens (tertiary/aromatic N) is 2. The van der Waals surface area contributed by atoms with E-state index < -0.39 is 0 Å². The monoisotopic (exact) mass is 261 g/mol. The fraction of sp³-hybridized carbons (Fsp3) is 0.625. The van der Waals surface area contributed by atoms with E-state index >= 15 is 0 Å². The van der Waals surface area contributed by atoms with Gasteiger partial charge in [-0.15, -0.1) is 0 Å². The van der Waals surface area contributed by atoms with E-state index in [1.54, 1.807) is 0 Å². The number of para-hydroxylation sites is 1. The summed E-state index contributed by atoms with van der Waals surface area (Å²) in [5.41, 5.74) is 1.22. The van der Waals surface area contributed by atoms with E-state index in [1.165, 1.54) is 31.7 Å². The molecule has 0 amide bonds. The largest absolute Gasteiger partial charge is 0.383 e. The third-order valence-electron chi connectivity index (χ3n) is 4.28. The van der Waals surface area contributed by atoms with Crippen LogP contribution >= 0.6 is 0 Å². The number of piperazine rings is 1. The molecular weight excluding hydrogens is 234 g/mol. The van der Waals surface area contributed by atoms with Crippen molar-refractivity contribution in [3.8, 4) is 0 Å². The van der Waals surface area contributed by atoms with Crippen LogP contribution in [0.15, 0.2) is 30.3 Å². The average molecular weight is 261 g/mol. The van der Waals surface area contributed by atoms with Crippen molar-refractivity contribution < 1.29 is 0 Å². The molecule has 2 atom stereocenters. The highest BCUT2D eigenvalue weighted by molar-refractivity contribution is 5.42. The molecule has 1 heterocycles. The van der Waals surface area contributed by atoms with Gasteiger partial charge in [0.25, 0.3) is 0 Å². The summed E-state index contributed by atoms with van der Waals surface area (Å²) in [7, 11) is 2.25. The van der Waals surface area contributed by atoms with Gasteiger partial charge in [0.1, 0.15) is 0 Å². The Labute approximate surface area is 117 Å². The zero-order valence-corrected chi connectivity index (χ0v) is 12.5. The van der Waals surface area contributed by atoms with Crippen molar-refractivity contribution in [2.24, 2.45) is 0 Å². The molecule has 1 aliphatic heterocycles. The fourth-order valence-electron chi connectivity index (χ4n) is 2.76. The van der Waals surface area contributed by atoms with Gasteiger partial charge in [0.2, 0.25) is 0 Å². The SMILES string of the molecule is CCC1CN(C(C)CNc2ccccc2)CCN1C. The molecule has 0 spiro atoms. The highest BCUT2D eigenvalue weighted by atomic mass is 15.3. The Balaban J connectivity index is 1.81. The Morgan fingerprint density at radius 1 is 1.26 bits per heavy atom. The molecule has 1 aromatic rings. The predicted octanol–water partition coefficient (Wildman–Crippen LogP) is 2.51. The van der Waals surface area contributed by atoms with Crippen LogP contribution < -0.4 is 5.32 Å². The molecule has 0 aliphatic carbocycles. The summed E-state index contributed by atoms with van der Waals surface area (Å²) in [6.07, 6.45) is 1.24. The predicted molar refractivity (Wildman–Crippen MR) is 82.7 cm³/mol. The average Bonchev–Trinajstić information content (AvgIpc) is 2.46. The van der Waals surface area contributed by atoms with Gasteiger partial charge in [-0.3, -0.25) is 4.90 Å². The fourth-order valence-corrected chi connectivity index (χ4v) is 2.76. The highest BCUT2D eigenvalue weighted by Gasteiger charge is 2.25. The minimum Gasteiger partial charge on any atom is -0.383 e. The topological polar surface area (TPSA) is 18.5 Å². The number of nitrogens with one attached hydrogen (secondary N) is 1. The standard InChI is InChI=1S/C16H27N3/c1-4-16-13-19(11-10-18(16)3)14(2)12-17-15-8-6-5-7-9-15/h5-9,14,16-17H,4,10-13H2,1-3H3. The van der Waals surface area contributed by atoms with E-state index in [0.717, 1.165) is 6.54 Å². The number of rotatable bonds is 5. The Hall–Kier alpha value is -1.06. The summed E-state index contributed by atoms with van der Waals surface area (Å²) >= 11 is 0. The van der Waals surface area contributed by atoms with E-state index in [4.69, 9.17) is 0 Å². The molecule has 1 fully saturated rings. The molecule has 1 saturated heterocycles. The smallest absolute Gasteiger partial charge is 0.0340 e.